The Hall–Kier alpha value is -1.31. The standard InChI is InChI=1S/C15H21NO/c1-10(2)16-9-11(3)14-8-13(7-12(4)17)5-6-15(14)16/h5-6,8,10-11H,7,9H2,1-4H3. The van der Waals surface area contributed by atoms with Gasteiger partial charge in [-0.3, -0.25) is 4.79 Å². The van der Waals surface area contributed by atoms with Gasteiger partial charge in [-0.05, 0) is 38.0 Å². The molecule has 0 radical (unpaired) electrons. The topological polar surface area (TPSA) is 20.3 Å². The molecule has 0 aliphatic carbocycles. The van der Waals surface area contributed by atoms with Crippen molar-refractivity contribution >= 4 is 11.5 Å². The minimum absolute atomic E-state index is 0.233. The van der Waals surface area contributed by atoms with Crippen LogP contribution in [0.15, 0.2) is 18.2 Å². The Morgan fingerprint density at radius 1 is 1.47 bits per heavy atom. The minimum atomic E-state index is 0.233. The molecule has 17 heavy (non-hydrogen) atoms. The third-order valence-electron chi connectivity index (χ3n) is 3.48. The summed E-state index contributed by atoms with van der Waals surface area (Å²) in [5.41, 5.74) is 3.89. The zero-order chi connectivity index (χ0) is 12.6. The van der Waals surface area contributed by atoms with Gasteiger partial charge < -0.3 is 4.90 Å². The van der Waals surface area contributed by atoms with E-state index in [2.05, 4.69) is 43.9 Å². The quantitative estimate of drug-likeness (QED) is 0.796. The van der Waals surface area contributed by atoms with Crippen molar-refractivity contribution in [2.75, 3.05) is 11.4 Å². The first-order chi connectivity index (χ1) is 7.99. The molecule has 0 aromatic heterocycles. The number of benzene rings is 1. The Bertz CT molecular complexity index is 437. The van der Waals surface area contributed by atoms with Crippen LogP contribution in [0.5, 0.6) is 0 Å². The number of Topliss-reactive ketones (excluding diaryl/α,β-unsaturated/α-hetero) is 1. The van der Waals surface area contributed by atoms with Gasteiger partial charge in [-0.1, -0.05) is 19.1 Å². The molecule has 0 saturated heterocycles. The van der Waals surface area contributed by atoms with Crippen molar-refractivity contribution in [3.05, 3.63) is 29.3 Å². The van der Waals surface area contributed by atoms with Crippen molar-refractivity contribution in [3.8, 4) is 0 Å². The molecule has 0 saturated carbocycles. The Morgan fingerprint density at radius 2 is 2.18 bits per heavy atom. The number of fused-ring (bicyclic) bond motifs is 1. The Morgan fingerprint density at radius 3 is 2.76 bits per heavy atom. The van der Waals surface area contributed by atoms with Gasteiger partial charge in [0.15, 0.2) is 0 Å². The van der Waals surface area contributed by atoms with Crippen molar-refractivity contribution in [2.45, 2.75) is 46.1 Å². The Balaban J connectivity index is 2.33. The molecule has 0 amide bonds. The lowest BCUT2D eigenvalue weighted by Gasteiger charge is -2.24. The molecule has 0 fully saturated rings. The summed E-state index contributed by atoms with van der Waals surface area (Å²) in [6, 6.07) is 7.02. The first kappa shape index (κ1) is 12.2. The van der Waals surface area contributed by atoms with Gasteiger partial charge in [0.2, 0.25) is 0 Å². The molecule has 1 heterocycles. The molecule has 2 nitrogen and oxygen atoms in total. The fraction of sp³-hybridized carbons (Fsp3) is 0.533. The van der Waals surface area contributed by atoms with E-state index < -0.39 is 0 Å². The summed E-state index contributed by atoms with van der Waals surface area (Å²) in [5.74, 6) is 0.802. The summed E-state index contributed by atoms with van der Waals surface area (Å²) < 4.78 is 0. The van der Waals surface area contributed by atoms with Crippen LogP contribution in [-0.2, 0) is 11.2 Å². The smallest absolute Gasteiger partial charge is 0.134 e. The second kappa shape index (κ2) is 4.52. The largest absolute Gasteiger partial charge is 0.368 e. The average Bonchev–Trinajstić information content (AvgIpc) is 2.55. The van der Waals surface area contributed by atoms with Crippen LogP contribution >= 0.6 is 0 Å². The maximum Gasteiger partial charge on any atom is 0.134 e. The maximum absolute atomic E-state index is 11.2. The lowest BCUT2D eigenvalue weighted by Crippen LogP contribution is -2.28. The fourth-order valence-electron chi connectivity index (χ4n) is 2.64. The SMILES string of the molecule is CC(=O)Cc1ccc2c(c1)C(C)CN2C(C)C. The van der Waals surface area contributed by atoms with Gasteiger partial charge in [0.25, 0.3) is 0 Å². The highest BCUT2D eigenvalue weighted by atomic mass is 16.1. The third-order valence-corrected chi connectivity index (χ3v) is 3.48. The summed E-state index contributed by atoms with van der Waals surface area (Å²) in [6.45, 7) is 9.46. The predicted molar refractivity (Wildman–Crippen MR) is 71.7 cm³/mol. The van der Waals surface area contributed by atoms with E-state index in [1.165, 1.54) is 11.3 Å². The van der Waals surface area contributed by atoms with Crippen molar-refractivity contribution in [2.24, 2.45) is 0 Å². The summed E-state index contributed by atoms with van der Waals surface area (Å²) >= 11 is 0. The van der Waals surface area contributed by atoms with Crippen LogP contribution in [0.1, 0.15) is 44.7 Å². The first-order valence-electron chi connectivity index (χ1n) is 6.38. The van der Waals surface area contributed by atoms with Crippen LogP contribution in [0, 0.1) is 0 Å². The zero-order valence-corrected chi connectivity index (χ0v) is 11.2. The van der Waals surface area contributed by atoms with E-state index >= 15 is 0 Å². The molecule has 0 N–H and O–H groups in total. The predicted octanol–water partition coefficient (Wildman–Crippen LogP) is 3.15. The normalized spacial score (nSPS) is 18.6. The average molecular weight is 231 g/mol. The van der Waals surface area contributed by atoms with E-state index in [0.717, 1.165) is 12.1 Å². The lowest BCUT2D eigenvalue weighted by atomic mass is 9.99. The van der Waals surface area contributed by atoms with Crippen LogP contribution in [-0.4, -0.2) is 18.4 Å². The molecule has 1 aromatic rings. The fourth-order valence-corrected chi connectivity index (χ4v) is 2.64. The number of ketones is 1. The molecule has 0 spiro atoms. The summed E-state index contributed by atoms with van der Waals surface area (Å²) in [6.07, 6.45) is 0.557. The molecule has 1 aliphatic heterocycles. The lowest BCUT2D eigenvalue weighted by molar-refractivity contribution is -0.116. The molecular formula is C15H21NO. The first-order valence-corrected chi connectivity index (χ1v) is 6.38. The van der Waals surface area contributed by atoms with Crippen molar-refractivity contribution in [3.63, 3.8) is 0 Å². The van der Waals surface area contributed by atoms with Crippen molar-refractivity contribution in [1.29, 1.82) is 0 Å². The van der Waals surface area contributed by atoms with E-state index in [9.17, 15) is 4.79 Å². The van der Waals surface area contributed by atoms with Gasteiger partial charge in [-0.25, -0.2) is 0 Å². The maximum atomic E-state index is 11.2. The van der Waals surface area contributed by atoms with Crippen LogP contribution in [0.25, 0.3) is 0 Å². The summed E-state index contributed by atoms with van der Waals surface area (Å²) in [4.78, 5) is 13.6. The molecule has 1 aliphatic rings. The van der Waals surface area contributed by atoms with Gasteiger partial charge in [-0.2, -0.15) is 0 Å². The van der Waals surface area contributed by atoms with E-state index in [-0.39, 0.29) is 5.78 Å². The van der Waals surface area contributed by atoms with Gasteiger partial charge in [0.1, 0.15) is 5.78 Å². The van der Waals surface area contributed by atoms with Gasteiger partial charge in [0.05, 0.1) is 0 Å². The van der Waals surface area contributed by atoms with Crippen LogP contribution in [0.4, 0.5) is 5.69 Å². The second-order valence-corrected chi connectivity index (χ2v) is 5.42. The number of hydrogen-bond donors (Lipinski definition) is 0. The molecule has 92 valence electrons. The second-order valence-electron chi connectivity index (χ2n) is 5.42. The molecular weight excluding hydrogens is 210 g/mol. The van der Waals surface area contributed by atoms with Crippen LogP contribution in [0.3, 0.4) is 0 Å². The van der Waals surface area contributed by atoms with Gasteiger partial charge >= 0.3 is 0 Å². The van der Waals surface area contributed by atoms with E-state index in [1.807, 2.05) is 0 Å². The molecule has 0 bridgehead atoms. The minimum Gasteiger partial charge on any atom is -0.368 e. The zero-order valence-electron chi connectivity index (χ0n) is 11.2. The number of hydrogen-bond acceptors (Lipinski definition) is 2. The molecule has 2 rings (SSSR count). The van der Waals surface area contributed by atoms with E-state index in [1.54, 1.807) is 6.92 Å². The van der Waals surface area contributed by atoms with Gasteiger partial charge in [-0.15, -0.1) is 0 Å². The van der Waals surface area contributed by atoms with E-state index in [0.29, 0.717) is 18.4 Å². The molecule has 1 aromatic carbocycles. The summed E-state index contributed by atoms with van der Waals surface area (Å²) in [7, 11) is 0. The number of carbonyl (C=O) groups excluding carboxylic acids is 1. The highest BCUT2D eigenvalue weighted by Gasteiger charge is 2.27. The third kappa shape index (κ3) is 2.36. The van der Waals surface area contributed by atoms with Crippen molar-refractivity contribution < 1.29 is 4.79 Å². The molecule has 1 atom stereocenters. The van der Waals surface area contributed by atoms with E-state index in [4.69, 9.17) is 0 Å². The van der Waals surface area contributed by atoms with Crippen molar-refractivity contribution in [1.82, 2.24) is 0 Å². The van der Waals surface area contributed by atoms with Crippen LogP contribution in [0.2, 0.25) is 0 Å². The highest BCUT2D eigenvalue weighted by molar-refractivity contribution is 5.78. The summed E-state index contributed by atoms with van der Waals surface area (Å²) in [5, 5.41) is 0. The highest BCUT2D eigenvalue weighted by Crippen LogP contribution is 2.37. The molecule has 2 heteroatoms. The van der Waals surface area contributed by atoms with Crippen LogP contribution < -0.4 is 4.90 Å². The Kier molecular flexibility index (Phi) is 3.23. The monoisotopic (exact) mass is 231 g/mol. The number of rotatable bonds is 3. The Labute approximate surface area is 104 Å². The number of carbonyl (C=O) groups is 1. The molecule has 1 unspecified atom stereocenters. The van der Waals surface area contributed by atoms with Gasteiger partial charge in [0, 0.05) is 30.6 Å². The number of nitrogens with zero attached hydrogens (tertiary/aromatic N) is 1. The number of anilines is 1.